The van der Waals surface area contributed by atoms with E-state index in [1.54, 1.807) is 11.8 Å². The zero-order valence-electron chi connectivity index (χ0n) is 9.24. The lowest BCUT2D eigenvalue weighted by Gasteiger charge is -2.02. The number of fused-ring (bicyclic) bond motifs is 3. The predicted molar refractivity (Wildman–Crippen MR) is 70.1 cm³/mol. The highest BCUT2D eigenvalue weighted by molar-refractivity contribution is 7.98. The molecule has 0 aliphatic carbocycles. The van der Waals surface area contributed by atoms with Gasteiger partial charge in [-0.25, -0.2) is 4.98 Å². The van der Waals surface area contributed by atoms with Crippen molar-refractivity contribution in [1.29, 1.82) is 0 Å². The molecule has 2 aromatic heterocycles. The van der Waals surface area contributed by atoms with Crippen LogP contribution < -0.4 is 0 Å². The topological polar surface area (TPSA) is 28.7 Å². The van der Waals surface area contributed by atoms with E-state index in [0.717, 1.165) is 10.5 Å². The third-order valence-corrected chi connectivity index (χ3v) is 3.73. The van der Waals surface area contributed by atoms with Crippen molar-refractivity contribution in [2.45, 2.75) is 11.9 Å². The molecule has 0 aliphatic rings. The van der Waals surface area contributed by atoms with Crippen LogP contribution in [0.2, 0.25) is 0 Å². The number of H-pyrrole nitrogens is 1. The predicted octanol–water partition coefficient (Wildman–Crippen LogP) is 3.75. The van der Waals surface area contributed by atoms with Gasteiger partial charge in [-0.05, 0) is 24.8 Å². The lowest BCUT2D eigenvalue weighted by Crippen LogP contribution is -1.85. The fourth-order valence-electron chi connectivity index (χ4n) is 2.20. The molecule has 80 valence electrons. The van der Waals surface area contributed by atoms with Crippen molar-refractivity contribution >= 4 is 33.6 Å². The highest BCUT2D eigenvalue weighted by atomic mass is 32.2. The zero-order chi connectivity index (χ0) is 11.1. The van der Waals surface area contributed by atoms with E-state index in [1.807, 2.05) is 6.20 Å². The normalized spacial score (nSPS) is 11.4. The molecule has 3 aromatic rings. The SMILES string of the molecule is CSc1ncc2[nH]c3ccccc3c2c1C. The summed E-state index contributed by atoms with van der Waals surface area (Å²) in [5.74, 6) is 0. The van der Waals surface area contributed by atoms with Crippen LogP contribution in [0.5, 0.6) is 0 Å². The van der Waals surface area contributed by atoms with Crippen molar-refractivity contribution in [3.8, 4) is 0 Å². The number of nitrogens with zero attached hydrogens (tertiary/aromatic N) is 1. The van der Waals surface area contributed by atoms with Crippen molar-refractivity contribution in [3.63, 3.8) is 0 Å². The lowest BCUT2D eigenvalue weighted by molar-refractivity contribution is 1.11. The molecule has 2 nitrogen and oxygen atoms in total. The van der Waals surface area contributed by atoms with Gasteiger partial charge < -0.3 is 4.98 Å². The van der Waals surface area contributed by atoms with Gasteiger partial charge in [0.05, 0.1) is 16.7 Å². The van der Waals surface area contributed by atoms with Gasteiger partial charge in [0.2, 0.25) is 0 Å². The van der Waals surface area contributed by atoms with E-state index in [2.05, 4.69) is 47.4 Å². The third-order valence-electron chi connectivity index (χ3n) is 2.94. The average Bonchev–Trinajstić information content (AvgIpc) is 2.68. The Balaban J connectivity index is 2.53. The molecule has 0 spiro atoms. The van der Waals surface area contributed by atoms with Crippen molar-refractivity contribution < 1.29 is 0 Å². The third kappa shape index (κ3) is 1.25. The first-order chi connectivity index (χ1) is 7.81. The standard InChI is InChI=1S/C13H12N2S/c1-8-12-9-5-3-4-6-10(9)15-11(12)7-14-13(8)16-2/h3-7,15H,1-2H3. The molecule has 0 saturated carbocycles. The number of para-hydroxylation sites is 1. The van der Waals surface area contributed by atoms with E-state index in [-0.39, 0.29) is 0 Å². The molecule has 0 aliphatic heterocycles. The highest BCUT2D eigenvalue weighted by Gasteiger charge is 2.09. The highest BCUT2D eigenvalue weighted by Crippen LogP contribution is 2.31. The summed E-state index contributed by atoms with van der Waals surface area (Å²) in [6.07, 6.45) is 3.99. The van der Waals surface area contributed by atoms with Gasteiger partial charge in [0, 0.05) is 16.3 Å². The number of aromatic amines is 1. The number of thioether (sulfide) groups is 1. The maximum atomic E-state index is 4.45. The van der Waals surface area contributed by atoms with Gasteiger partial charge in [-0.2, -0.15) is 0 Å². The van der Waals surface area contributed by atoms with E-state index in [9.17, 15) is 0 Å². The minimum absolute atomic E-state index is 1.11. The van der Waals surface area contributed by atoms with Crippen molar-refractivity contribution in [2.75, 3.05) is 6.26 Å². The Hall–Kier alpha value is -1.48. The largest absolute Gasteiger partial charge is 0.353 e. The number of benzene rings is 1. The van der Waals surface area contributed by atoms with E-state index in [0.29, 0.717) is 0 Å². The van der Waals surface area contributed by atoms with Crippen LogP contribution in [0.3, 0.4) is 0 Å². The number of pyridine rings is 1. The monoisotopic (exact) mass is 228 g/mol. The summed E-state index contributed by atoms with van der Waals surface area (Å²) in [6, 6.07) is 8.39. The second kappa shape index (κ2) is 3.52. The minimum Gasteiger partial charge on any atom is -0.353 e. The fraction of sp³-hybridized carbons (Fsp3) is 0.154. The molecule has 0 fully saturated rings. The molecule has 16 heavy (non-hydrogen) atoms. The molecule has 2 heterocycles. The minimum atomic E-state index is 1.11. The quantitative estimate of drug-likeness (QED) is 0.643. The van der Waals surface area contributed by atoms with E-state index in [1.165, 1.54) is 21.9 Å². The molecule has 1 aromatic carbocycles. The molecular weight excluding hydrogens is 216 g/mol. The van der Waals surface area contributed by atoms with Crippen LogP contribution in [0.4, 0.5) is 0 Å². The number of hydrogen-bond acceptors (Lipinski definition) is 2. The van der Waals surface area contributed by atoms with Crippen LogP contribution in [-0.4, -0.2) is 16.2 Å². The molecule has 0 unspecified atom stereocenters. The van der Waals surface area contributed by atoms with Crippen molar-refractivity contribution in [3.05, 3.63) is 36.0 Å². The summed E-state index contributed by atoms with van der Waals surface area (Å²) in [4.78, 5) is 7.85. The number of aromatic nitrogens is 2. The number of hydrogen-bond donors (Lipinski definition) is 1. The van der Waals surface area contributed by atoms with Gasteiger partial charge in [0.15, 0.2) is 0 Å². The second-order valence-electron chi connectivity index (χ2n) is 3.85. The Morgan fingerprint density at radius 3 is 2.81 bits per heavy atom. The molecule has 3 rings (SSSR count). The van der Waals surface area contributed by atoms with Crippen LogP contribution in [-0.2, 0) is 0 Å². The molecule has 3 heteroatoms. The second-order valence-corrected chi connectivity index (χ2v) is 4.65. The Kier molecular flexibility index (Phi) is 2.14. The number of aryl methyl sites for hydroxylation is 1. The molecule has 0 bridgehead atoms. The van der Waals surface area contributed by atoms with Crippen molar-refractivity contribution in [2.24, 2.45) is 0 Å². The first-order valence-electron chi connectivity index (χ1n) is 5.21. The summed E-state index contributed by atoms with van der Waals surface area (Å²) < 4.78 is 0. The van der Waals surface area contributed by atoms with E-state index in [4.69, 9.17) is 0 Å². The molecule has 0 atom stereocenters. The van der Waals surface area contributed by atoms with Crippen LogP contribution in [0, 0.1) is 6.92 Å². The molecule has 0 amide bonds. The number of nitrogens with one attached hydrogen (secondary N) is 1. The molecule has 0 saturated heterocycles. The summed E-state index contributed by atoms with van der Waals surface area (Å²) in [5, 5.41) is 3.69. The molecular formula is C13H12N2S. The van der Waals surface area contributed by atoms with E-state index >= 15 is 0 Å². The maximum Gasteiger partial charge on any atom is 0.0994 e. The van der Waals surface area contributed by atoms with Crippen LogP contribution in [0.15, 0.2) is 35.5 Å². The average molecular weight is 228 g/mol. The summed E-state index contributed by atoms with van der Waals surface area (Å²) in [5.41, 5.74) is 3.57. The van der Waals surface area contributed by atoms with Gasteiger partial charge in [0.25, 0.3) is 0 Å². The van der Waals surface area contributed by atoms with Gasteiger partial charge in [-0.15, -0.1) is 11.8 Å². The van der Waals surface area contributed by atoms with Gasteiger partial charge in [0.1, 0.15) is 0 Å². The Bertz CT molecular complexity index is 670. The Labute approximate surface area is 98.1 Å². The molecule has 0 radical (unpaired) electrons. The maximum absolute atomic E-state index is 4.45. The van der Waals surface area contributed by atoms with Crippen LogP contribution >= 0.6 is 11.8 Å². The Morgan fingerprint density at radius 2 is 2.00 bits per heavy atom. The first-order valence-corrected chi connectivity index (χ1v) is 6.43. The fourth-order valence-corrected chi connectivity index (χ4v) is 2.76. The van der Waals surface area contributed by atoms with Crippen LogP contribution in [0.1, 0.15) is 5.56 Å². The first kappa shape index (κ1) is 9.73. The molecule has 1 N–H and O–H groups in total. The van der Waals surface area contributed by atoms with Crippen LogP contribution in [0.25, 0.3) is 21.8 Å². The number of rotatable bonds is 1. The summed E-state index contributed by atoms with van der Waals surface area (Å²) >= 11 is 1.70. The summed E-state index contributed by atoms with van der Waals surface area (Å²) in [6.45, 7) is 2.14. The van der Waals surface area contributed by atoms with Gasteiger partial charge in [-0.1, -0.05) is 18.2 Å². The van der Waals surface area contributed by atoms with Crippen molar-refractivity contribution in [1.82, 2.24) is 9.97 Å². The van der Waals surface area contributed by atoms with Gasteiger partial charge in [-0.3, -0.25) is 0 Å². The van der Waals surface area contributed by atoms with Gasteiger partial charge >= 0.3 is 0 Å². The smallest absolute Gasteiger partial charge is 0.0994 e. The lowest BCUT2D eigenvalue weighted by atomic mass is 10.1. The Morgan fingerprint density at radius 1 is 1.19 bits per heavy atom. The zero-order valence-corrected chi connectivity index (χ0v) is 10.1. The summed E-state index contributed by atoms with van der Waals surface area (Å²) in [7, 11) is 0. The van der Waals surface area contributed by atoms with E-state index < -0.39 is 0 Å².